The van der Waals surface area contributed by atoms with Gasteiger partial charge in [0.15, 0.2) is 11.3 Å². The molecule has 1 atom stereocenters. The summed E-state index contributed by atoms with van der Waals surface area (Å²) in [6.45, 7) is 1.90. The SMILES string of the molecule is CC(NC(=O)c1ccccc1)(C(=O)O)c1ccc(OCCn2c(=O)sc3cc(C(=O)c4ccccc4)ccc32)cc1. The summed E-state index contributed by atoms with van der Waals surface area (Å²) in [4.78, 5) is 50.1. The number of nitrogens with one attached hydrogen (secondary N) is 1. The lowest BCUT2D eigenvalue weighted by Crippen LogP contribution is -2.49. The molecule has 0 fully saturated rings. The van der Waals surface area contributed by atoms with Crippen molar-refractivity contribution < 1.29 is 24.2 Å². The number of hydrogen-bond acceptors (Lipinski definition) is 6. The molecule has 5 rings (SSSR count). The molecular formula is C32H26N2O6S. The van der Waals surface area contributed by atoms with Crippen LogP contribution in [0.15, 0.2) is 108 Å². The average molecular weight is 567 g/mol. The largest absolute Gasteiger partial charge is 0.492 e. The molecule has 0 aliphatic heterocycles. The molecule has 1 unspecified atom stereocenters. The molecule has 41 heavy (non-hydrogen) atoms. The molecule has 0 bridgehead atoms. The second-order valence-corrected chi connectivity index (χ2v) is 10.5. The number of rotatable bonds is 10. The second-order valence-electron chi connectivity index (χ2n) is 9.52. The van der Waals surface area contributed by atoms with Crippen molar-refractivity contribution in [3.05, 3.63) is 135 Å². The van der Waals surface area contributed by atoms with Crippen molar-refractivity contribution in [2.24, 2.45) is 0 Å². The first-order valence-electron chi connectivity index (χ1n) is 12.8. The van der Waals surface area contributed by atoms with Crippen molar-refractivity contribution in [3.8, 4) is 5.75 Å². The molecule has 1 heterocycles. The van der Waals surface area contributed by atoms with Gasteiger partial charge in [-0.25, -0.2) is 4.79 Å². The lowest BCUT2D eigenvalue weighted by atomic mass is 9.91. The van der Waals surface area contributed by atoms with Crippen LogP contribution in [0.5, 0.6) is 5.75 Å². The van der Waals surface area contributed by atoms with Crippen LogP contribution < -0.4 is 14.9 Å². The third-order valence-corrected chi connectivity index (χ3v) is 7.75. The molecule has 5 aromatic rings. The minimum Gasteiger partial charge on any atom is -0.492 e. The van der Waals surface area contributed by atoms with Gasteiger partial charge in [-0.2, -0.15) is 0 Å². The average Bonchev–Trinajstić information content (AvgIpc) is 3.31. The number of carbonyl (C=O) groups is 3. The first-order valence-corrected chi connectivity index (χ1v) is 13.7. The van der Waals surface area contributed by atoms with Crippen LogP contribution in [0, 0.1) is 0 Å². The van der Waals surface area contributed by atoms with Gasteiger partial charge in [0.2, 0.25) is 0 Å². The fourth-order valence-corrected chi connectivity index (χ4v) is 5.41. The van der Waals surface area contributed by atoms with Crippen LogP contribution in [-0.4, -0.2) is 33.9 Å². The van der Waals surface area contributed by atoms with Crippen molar-refractivity contribution in [1.29, 1.82) is 0 Å². The van der Waals surface area contributed by atoms with Gasteiger partial charge in [-0.3, -0.25) is 19.0 Å². The van der Waals surface area contributed by atoms with Crippen LogP contribution in [0.2, 0.25) is 0 Å². The summed E-state index contributed by atoms with van der Waals surface area (Å²) in [7, 11) is 0. The highest BCUT2D eigenvalue weighted by Gasteiger charge is 2.37. The van der Waals surface area contributed by atoms with Crippen molar-refractivity contribution in [2.45, 2.75) is 19.0 Å². The Labute approximate surface area is 239 Å². The topological polar surface area (TPSA) is 115 Å². The van der Waals surface area contributed by atoms with Gasteiger partial charge in [-0.05, 0) is 55.0 Å². The number of thiazole rings is 1. The minimum atomic E-state index is -1.66. The van der Waals surface area contributed by atoms with E-state index < -0.39 is 17.4 Å². The number of carboxylic acids is 1. The Morgan fingerprint density at radius 2 is 1.49 bits per heavy atom. The van der Waals surface area contributed by atoms with Crippen molar-refractivity contribution in [2.75, 3.05) is 6.61 Å². The maximum Gasteiger partial charge on any atom is 0.333 e. The van der Waals surface area contributed by atoms with Crippen LogP contribution in [0.3, 0.4) is 0 Å². The number of hydrogen-bond donors (Lipinski definition) is 2. The van der Waals surface area contributed by atoms with E-state index >= 15 is 0 Å². The van der Waals surface area contributed by atoms with Gasteiger partial charge < -0.3 is 15.2 Å². The number of carboxylic acid groups (broad SMARTS) is 1. The Kier molecular flexibility index (Phi) is 7.80. The number of aromatic nitrogens is 1. The molecule has 8 nitrogen and oxygen atoms in total. The molecule has 4 aromatic carbocycles. The molecule has 2 N–H and O–H groups in total. The Morgan fingerprint density at radius 1 is 0.854 bits per heavy atom. The fraction of sp³-hybridized carbons (Fsp3) is 0.125. The number of nitrogens with zero attached hydrogens (tertiary/aromatic N) is 1. The molecule has 1 amide bonds. The maximum atomic E-state index is 12.8. The molecule has 0 aliphatic rings. The summed E-state index contributed by atoms with van der Waals surface area (Å²) < 4.78 is 8.16. The summed E-state index contributed by atoms with van der Waals surface area (Å²) in [5, 5.41) is 12.5. The first-order chi connectivity index (χ1) is 19.8. The number of carbonyl (C=O) groups excluding carboxylic acids is 2. The summed E-state index contributed by atoms with van der Waals surface area (Å²) >= 11 is 1.07. The van der Waals surface area contributed by atoms with Crippen LogP contribution in [0.25, 0.3) is 10.2 Å². The predicted molar refractivity (Wildman–Crippen MR) is 157 cm³/mol. The number of ketones is 1. The zero-order valence-electron chi connectivity index (χ0n) is 22.1. The zero-order valence-corrected chi connectivity index (χ0v) is 22.9. The lowest BCUT2D eigenvalue weighted by molar-refractivity contribution is -0.144. The molecule has 0 saturated carbocycles. The normalized spacial score (nSPS) is 12.4. The monoisotopic (exact) mass is 566 g/mol. The highest BCUT2D eigenvalue weighted by Crippen LogP contribution is 2.25. The standard InChI is InChI=1S/C32H26N2O6S/c1-32(30(37)38,33-29(36)22-10-6-3-7-11-22)24-13-15-25(16-14-24)40-19-18-34-26-17-12-23(20-27(26)41-31(34)39)28(35)21-8-4-2-5-9-21/h2-17,20H,18-19H2,1H3,(H,33,36)(H,37,38). The van der Waals surface area contributed by atoms with Gasteiger partial charge in [0.25, 0.3) is 5.91 Å². The highest BCUT2D eigenvalue weighted by atomic mass is 32.1. The number of aliphatic carboxylic acids is 1. The summed E-state index contributed by atoms with van der Waals surface area (Å²) in [6, 6.07) is 29.0. The van der Waals surface area contributed by atoms with E-state index in [0.29, 0.717) is 32.7 Å². The van der Waals surface area contributed by atoms with E-state index in [4.69, 9.17) is 4.74 Å². The van der Waals surface area contributed by atoms with Gasteiger partial charge in [0.1, 0.15) is 12.4 Å². The van der Waals surface area contributed by atoms with E-state index in [1.54, 1.807) is 89.5 Å². The van der Waals surface area contributed by atoms with Gasteiger partial charge in [-0.15, -0.1) is 0 Å². The van der Waals surface area contributed by atoms with E-state index in [1.165, 1.54) is 6.92 Å². The molecule has 1 aromatic heterocycles. The molecule has 0 spiro atoms. The van der Waals surface area contributed by atoms with Gasteiger partial charge >= 0.3 is 10.8 Å². The molecule has 206 valence electrons. The molecule has 9 heteroatoms. The number of benzene rings is 4. The van der Waals surface area contributed by atoms with Gasteiger partial charge in [-0.1, -0.05) is 72.0 Å². The quantitative estimate of drug-likeness (QED) is 0.227. The van der Waals surface area contributed by atoms with Crippen LogP contribution in [0.1, 0.15) is 38.8 Å². The molecular weight excluding hydrogens is 540 g/mol. The highest BCUT2D eigenvalue weighted by molar-refractivity contribution is 7.16. The smallest absolute Gasteiger partial charge is 0.333 e. The van der Waals surface area contributed by atoms with Crippen molar-refractivity contribution in [3.63, 3.8) is 0 Å². The second kappa shape index (κ2) is 11.6. The zero-order chi connectivity index (χ0) is 29.0. The molecule has 0 aliphatic carbocycles. The van der Waals surface area contributed by atoms with Gasteiger partial charge in [0, 0.05) is 16.7 Å². The van der Waals surface area contributed by atoms with E-state index in [1.807, 2.05) is 18.2 Å². The summed E-state index contributed by atoms with van der Waals surface area (Å²) in [6.07, 6.45) is 0. The Bertz CT molecular complexity index is 1780. The summed E-state index contributed by atoms with van der Waals surface area (Å²) in [5.74, 6) is -1.32. The van der Waals surface area contributed by atoms with E-state index in [2.05, 4.69) is 5.32 Å². The minimum absolute atomic E-state index is 0.106. The van der Waals surface area contributed by atoms with E-state index in [9.17, 15) is 24.3 Å². The van der Waals surface area contributed by atoms with Crippen LogP contribution in [0.4, 0.5) is 0 Å². The third-order valence-electron chi connectivity index (χ3n) is 6.81. The number of amides is 1. The van der Waals surface area contributed by atoms with Crippen LogP contribution >= 0.6 is 11.3 Å². The van der Waals surface area contributed by atoms with Crippen LogP contribution in [-0.2, 0) is 16.9 Å². The van der Waals surface area contributed by atoms with E-state index in [0.717, 1.165) is 16.9 Å². The number of fused-ring (bicyclic) bond motifs is 1. The van der Waals surface area contributed by atoms with Crippen molar-refractivity contribution >= 4 is 39.2 Å². The maximum absolute atomic E-state index is 12.8. The molecule has 0 radical (unpaired) electrons. The fourth-order valence-electron chi connectivity index (χ4n) is 4.45. The predicted octanol–water partition coefficient (Wildman–Crippen LogP) is 5.10. The van der Waals surface area contributed by atoms with Crippen molar-refractivity contribution in [1.82, 2.24) is 9.88 Å². The van der Waals surface area contributed by atoms with E-state index in [-0.39, 0.29) is 23.8 Å². The first kappa shape index (κ1) is 27.5. The Hall–Kier alpha value is -5.02. The number of ether oxygens (including phenoxy) is 1. The summed E-state index contributed by atoms with van der Waals surface area (Å²) in [5.41, 5.74) is 0.893. The Morgan fingerprint density at radius 3 is 2.12 bits per heavy atom. The third kappa shape index (κ3) is 5.80. The lowest BCUT2D eigenvalue weighted by Gasteiger charge is -2.27. The Balaban J connectivity index is 1.25. The van der Waals surface area contributed by atoms with Gasteiger partial charge in [0.05, 0.1) is 16.8 Å². The molecule has 0 saturated heterocycles.